The molecule has 87 valence electrons. The summed E-state index contributed by atoms with van der Waals surface area (Å²) in [5.41, 5.74) is 0. The van der Waals surface area contributed by atoms with Crippen molar-refractivity contribution in [1.82, 2.24) is 4.90 Å². The van der Waals surface area contributed by atoms with E-state index < -0.39 is 6.09 Å². The predicted molar refractivity (Wildman–Crippen MR) is 57.0 cm³/mol. The van der Waals surface area contributed by atoms with Gasteiger partial charge in [-0.15, -0.1) is 0 Å². The molecule has 1 radical (unpaired) electrons. The van der Waals surface area contributed by atoms with E-state index in [0.29, 0.717) is 5.75 Å². The van der Waals surface area contributed by atoms with E-state index in [-0.39, 0.29) is 26.3 Å². The number of nitrogens with zero attached hydrogens (tertiary/aromatic N) is 1. The van der Waals surface area contributed by atoms with Gasteiger partial charge in [-0.2, -0.15) is 0 Å². The highest BCUT2D eigenvalue weighted by Gasteiger charge is 2.14. The van der Waals surface area contributed by atoms with Gasteiger partial charge in [0.15, 0.2) is 0 Å². The molecule has 0 atom stereocenters. The summed E-state index contributed by atoms with van der Waals surface area (Å²) in [5, 5.41) is 17.5. The first-order valence-electron chi connectivity index (χ1n) is 4.93. The van der Waals surface area contributed by atoms with Crippen molar-refractivity contribution < 1.29 is 19.7 Å². The Hall–Kier alpha value is -1.59. The van der Waals surface area contributed by atoms with Crippen molar-refractivity contribution >= 4 is 6.09 Å². The lowest BCUT2D eigenvalue weighted by Crippen LogP contribution is -2.37. The first-order valence-corrected chi connectivity index (χ1v) is 4.93. The van der Waals surface area contributed by atoms with Crippen molar-refractivity contribution in [3.63, 3.8) is 0 Å². The Balaban J connectivity index is 2.55. The minimum Gasteiger partial charge on any atom is -0.410 e. The van der Waals surface area contributed by atoms with Crippen molar-refractivity contribution in [2.75, 3.05) is 26.3 Å². The zero-order valence-electron chi connectivity index (χ0n) is 8.80. The van der Waals surface area contributed by atoms with Crippen LogP contribution in [-0.4, -0.2) is 47.5 Å². The van der Waals surface area contributed by atoms with E-state index in [9.17, 15) is 4.79 Å². The van der Waals surface area contributed by atoms with Crippen LogP contribution in [0.5, 0.6) is 5.75 Å². The summed E-state index contributed by atoms with van der Waals surface area (Å²) in [6, 6.07) is 9.46. The van der Waals surface area contributed by atoms with Crippen molar-refractivity contribution in [1.29, 1.82) is 0 Å². The molecule has 1 rings (SSSR count). The molecular weight excluding hydrogens is 210 g/mol. The molecule has 0 aromatic heterocycles. The maximum absolute atomic E-state index is 11.6. The van der Waals surface area contributed by atoms with Gasteiger partial charge in [0.2, 0.25) is 0 Å². The summed E-state index contributed by atoms with van der Waals surface area (Å²) in [5.74, 6) is 0.313. The molecule has 0 aliphatic rings. The fourth-order valence-electron chi connectivity index (χ4n) is 1.13. The van der Waals surface area contributed by atoms with E-state index in [1.54, 1.807) is 24.3 Å². The maximum atomic E-state index is 11.6. The molecule has 1 amide bonds. The summed E-state index contributed by atoms with van der Waals surface area (Å²) < 4.78 is 4.99. The van der Waals surface area contributed by atoms with Crippen LogP contribution in [0.15, 0.2) is 24.3 Å². The molecule has 2 N–H and O–H groups in total. The van der Waals surface area contributed by atoms with Gasteiger partial charge >= 0.3 is 6.09 Å². The van der Waals surface area contributed by atoms with Crippen molar-refractivity contribution in [3.8, 4) is 5.75 Å². The average molecular weight is 224 g/mol. The number of carbonyl (C=O) groups excluding carboxylic acids is 1. The van der Waals surface area contributed by atoms with Crippen molar-refractivity contribution in [3.05, 3.63) is 30.3 Å². The SMILES string of the molecule is O=C(Oc1[c]cccc1)N(CCO)CCO. The van der Waals surface area contributed by atoms with E-state index in [1.165, 1.54) is 4.90 Å². The van der Waals surface area contributed by atoms with Crippen molar-refractivity contribution in [2.45, 2.75) is 0 Å². The van der Waals surface area contributed by atoms with Gasteiger partial charge < -0.3 is 19.8 Å². The van der Waals surface area contributed by atoms with Crippen molar-refractivity contribution in [2.24, 2.45) is 0 Å². The molecule has 16 heavy (non-hydrogen) atoms. The van der Waals surface area contributed by atoms with Crippen LogP contribution in [-0.2, 0) is 0 Å². The summed E-state index contributed by atoms with van der Waals surface area (Å²) >= 11 is 0. The average Bonchev–Trinajstić information content (AvgIpc) is 2.30. The molecule has 0 saturated carbocycles. The monoisotopic (exact) mass is 224 g/mol. The molecule has 0 aliphatic carbocycles. The van der Waals surface area contributed by atoms with Gasteiger partial charge in [-0.25, -0.2) is 4.79 Å². The second-order valence-electron chi connectivity index (χ2n) is 3.03. The van der Waals surface area contributed by atoms with Gasteiger partial charge in [0.25, 0.3) is 0 Å². The number of para-hydroxylation sites is 1. The normalized spacial score (nSPS) is 9.88. The van der Waals surface area contributed by atoms with E-state index in [2.05, 4.69) is 6.07 Å². The van der Waals surface area contributed by atoms with Crippen LogP contribution in [0.3, 0.4) is 0 Å². The van der Waals surface area contributed by atoms with Crippen LogP contribution in [0.4, 0.5) is 4.79 Å². The Morgan fingerprint density at radius 1 is 1.31 bits per heavy atom. The highest BCUT2D eigenvalue weighted by atomic mass is 16.6. The predicted octanol–water partition coefficient (Wildman–Crippen LogP) is 0.272. The number of carbonyl (C=O) groups is 1. The summed E-state index contributed by atoms with van der Waals surface area (Å²) in [4.78, 5) is 12.8. The minimum atomic E-state index is -0.606. The number of amides is 1. The van der Waals surface area contributed by atoms with Gasteiger partial charge in [0.1, 0.15) is 5.75 Å². The fraction of sp³-hybridized carbons (Fsp3) is 0.364. The largest absolute Gasteiger partial charge is 0.415 e. The third-order valence-electron chi connectivity index (χ3n) is 1.88. The smallest absolute Gasteiger partial charge is 0.410 e. The van der Waals surface area contributed by atoms with Crippen LogP contribution in [0.25, 0.3) is 0 Å². The molecule has 1 aromatic rings. The molecule has 0 bridgehead atoms. The lowest BCUT2D eigenvalue weighted by molar-refractivity contribution is 0.125. The zero-order valence-corrected chi connectivity index (χ0v) is 8.80. The molecular formula is C11H14NO4. The Morgan fingerprint density at radius 2 is 2.00 bits per heavy atom. The third-order valence-corrected chi connectivity index (χ3v) is 1.88. The van der Waals surface area contributed by atoms with Gasteiger partial charge in [0.05, 0.1) is 13.2 Å². The second kappa shape index (κ2) is 6.81. The fourth-order valence-corrected chi connectivity index (χ4v) is 1.13. The number of aliphatic hydroxyl groups is 2. The Bertz CT molecular complexity index is 309. The van der Waals surface area contributed by atoms with E-state index in [4.69, 9.17) is 14.9 Å². The summed E-state index contributed by atoms with van der Waals surface area (Å²) in [6.45, 7) is -0.0837. The van der Waals surface area contributed by atoms with Crippen LogP contribution in [0, 0.1) is 6.07 Å². The molecule has 1 aromatic carbocycles. The molecule has 0 saturated heterocycles. The number of rotatable bonds is 5. The Labute approximate surface area is 93.9 Å². The van der Waals surface area contributed by atoms with Crippen LogP contribution < -0.4 is 4.74 Å². The molecule has 5 nitrogen and oxygen atoms in total. The first kappa shape index (κ1) is 12.5. The summed E-state index contributed by atoms with van der Waals surface area (Å²) in [6.07, 6.45) is -0.606. The number of hydrogen-bond donors (Lipinski definition) is 2. The Kier molecular flexibility index (Phi) is 5.31. The zero-order chi connectivity index (χ0) is 11.8. The van der Waals surface area contributed by atoms with Crippen LogP contribution in [0.1, 0.15) is 0 Å². The number of benzene rings is 1. The highest BCUT2D eigenvalue weighted by Crippen LogP contribution is 2.09. The van der Waals surface area contributed by atoms with Gasteiger partial charge in [0, 0.05) is 19.2 Å². The van der Waals surface area contributed by atoms with Crippen LogP contribution >= 0.6 is 0 Å². The van der Waals surface area contributed by atoms with E-state index >= 15 is 0 Å². The topological polar surface area (TPSA) is 70.0 Å². The Morgan fingerprint density at radius 3 is 2.50 bits per heavy atom. The summed E-state index contributed by atoms with van der Waals surface area (Å²) in [7, 11) is 0. The molecule has 0 aliphatic heterocycles. The van der Waals surface area contributed by atoms with Gasteiger partial charge in [-0.3, -0.25) is 0 Å². The minimum absolute atomic E-state index is 0.131. The van der Waals surface area contributed by atoms with Crippen LogP contribution in [0.2, 0.25) is 0 Å². The lowest BCUT2D eigenvalue weighted by Gasteiger charge is -2.19. The van der Waals surface area contributed by atoms with Gasteiger partial charge in [-0.05, 0) is 6.07 Å². The maximum Gasteiger partial charge on any atom is 0.415 e. The molecule has 5 heteroatoms. The highest BCUT2D eigenvalue weighted by molar-refractivity contribution is 5.70. The lowest BCUT2D eigenvalue weighted by atomic mass is 10.3. The van der Waals surface area contributed by atoms with E-state index in [0.717, 1.165) is 0 Å². The number of ether oxygens (including phenoxy) is 1. The second-order valence-corrected chi connectivity index (χ2v) is 3.03. The molecule has 0 heterocycles. The third kappa shape index (κ3) is 3.88. The molecule has 0 fully saturated rings. The first-order chi connectivity index (χ1) is 7.77. The molecule has 0 unspecified atom stereocenters. The quantitative estimate of drug-likeness (QED) is 0.753. The molecule has 0 spiro atoms. The number of hydrogen-bond acceptors (Lipinski definition) is 4. The standard InChI is InChI=1S/C11H14NO4/c13-8-6-12(7-9-14)11(15)16-10-4-2-1-3-5-10/h1-4,13-14H,6-9H2. The number of aliphatic hydroxyl groups excluding tert-OH is 2. The van der Waals surface area contributed by atoms with E-state index in [1.807, 2.05) is 0 Å². The van der Waals surface area contributed by atoms with Gasteiger partial charge in [-0.1, -0.05) is 18.2 Å².